The first-order chi connectivity index (χ1) is 10.5. The summed E-state index contributed by atoms with van der Waals surface area (Å²) in [6.07, 6.45) is 0.667. The number of carbonyl (C=O) groups is 2. The van der Waals surface area contributed by atoms with E-state index in [9.17, 15) is 9.59 Å². The highest BCUT2D eigenvalue weighted by atomic mass is 35.5. The number of hydrogen-bond donors (Lipinski definition) is 1. The highest BCUT2D eigenvalue weighted by Crippen LogP contribution is 2.18. The molecule has 1 heterocycles. The Hall–Kier alpha value is -2.40. The number of benzene rings is 1. The number of esters is 1. The van der Waals surface area contributed by atoms with E-state index in [1.165, 1.54) is 6.92 Å². The molecule has 5 nitrogen and oxygen atoms in total. The molecule has 2 aromatic rings. The molecule has 1 aromatic carbocycles. The Morgan fingerprint density at radius 1 is 1.41 bits per heavy atom. The molecule has 6 heteroatoms. The maximum Gasteiger partial charge on any atom is 0.338 e. The lowest BCUT2D eigenvalue weighted by atomic mass is 10.1. The van der Waals surface area contributed by atoms with Crippen LogP contribution in [0.1, 0.15) is 17.3 Å². The summed E-state index contributed by atoms with van der Waals surface area (Å²) in [7, 11) is 0. The zero-order valence-electron chi connectivity index (χ0n) is 12.0. The molecule has 2 rings (SSSR count). The van der Waals surface area contributed by atoms with Gasteiger partial charge in [0.25, 0.3) is 5.91 Å². The van der Waals surface area contributed by atoms with Gasteiger partial charge in [-0.05, 0) is 37.3 Å². The van der Waals surface area contributed by atoms with Crippen LogP contribution >= 0.6 is 11.6 Å². The van der Waals surface area contributed by atoms with Crippen molar-refractivity contribution in [1.82, 2.24) is 10.3 Å². The molecule has 0 fully saturated rings. The van der Waals surface area contributed by atoms with Crippen LogP contribution in [0.4, 0.5) is 0 Å². The Kier molecular flexibility index (Phi) is 5.12. The number of aromatic nitrogens is 1. The van der Waals surface area contributed by atoms with E-state index in [4.69, 9.17) is 16.3 Å². The van der Waals surface area contributed by atoms with Crippen LogP contribution in [-0.2, 0) is 9.53 Å². The van der Waals surface area contributed by atoms with Crippen molar-refractivity contribution in [3.63, 3.8) is 0 Å². The standard InChI is InChI=1S/C16H15ClN2O3/c1-3-8-18-15(20)10(2)22-16(21)12-4-6-13-11(9-12)5-7-14(17)19-13/h3-7,9-10H,1,8H2,2H3,(H,18,20). The number of hydrogen-bond acceptors (Lipinski definition) is 4. The van der Waals surface area contributed by atoms with Gasteiger partial charge in [0.05, 0.1) is 11.1 Å². The summed E-state index contributed by atoms with van der Waals surface area (Å²) in [6.45, 7) is 5.33. The lowest BCUT2D eigenvalue weighted by Crippen LogP contribution is -2.35. The number of carbonyl (C=O) groups excluding carboxylic acids is 2. The van der Waals surface area contributed by atoms with Gasteiger partial charge in [0.15, 0.2) is 6.10 Å². The highest BCUT2D eigenvalue weighted by Gasteiger charge is 2.18. The highest BCUT2D eigenvalue weighted by molar-refractivity contribution is 6.29. The Balaban J connectivity index is 2.10. The normalized spacial score (nSPS) is 11.7. The average molecular weight is 319 g/mol. The smallest absolute Gasteiger partial charge is 0.338 e. The molecule has 1 unspecified atom stereocenters. The molecule has 1 aromatic heterocycles. The third-order valence-corrected chi connectivity index (χ3v) is 3.18. The number of ether oxygens (including phenoxy) is 1. The summed E-state index contributed by atoms with van der Waals surface area (Å²) in [5, 5.41) is 3.72. The van der Waals surface area contributed by atoms with Gasteiger partial charge in [-0.25, -0.2) is 9.78 Å². The lowest BCUT2D eigenvalue weighted by Gasteiger charge is -2.13. The van der Waals surface area contributed by atoms with Gasteiger partial charge in [0, 0.05) is 11.9 Å². The summed E-state index contributed by atoms with van der Waals surface area (Å²) in [6, 6.07) is 8.32. The third kappa shape index (κ3) is 3.83. The van der Waals surface area contributed by atoms with Crippen LogP contribution in [0.5, 0.6) is 0 Å². The van der Waals surface area contributed by atoms with E-state index in [0.717, 1.165) is 5.39 Å². The molecule has 0 aliphatic heterocycles. The summed E-state index contributed by atoms with van der Waals surface area (Å²) in [5.41, 5.74) is 1.03. The maximum atomic E-state index is 12.1. The topological polar surface area (TPSA) is 68.3 Å². The van der Waals surface area contributed by atoms with E-state index >= 15 is 0 Å². The molecule has 0 radical (unpaired) electrons. The molecule has 22 heavy (non-hydrogen) atoms. The van der Waals surface area contributed by atoms with Crippen LogP contribution in [0.15, 0.2) is 43.0 Å². The molecule has 0 saturated heterocycles. The van der Waals surface area contributed by atoms with Gasteiger partial charge < -0.3 is 10.1 Å². The van der Waals surface area contributed by atoms with Crippen LogP contribution in [0.25, 0.3) is 10.9 Å². The molecule has 1 atom stereocenters. The van der Waals surface area contributed by atoms with Crippen molar-refractivity contribution >= 4 is 34.4 Å². The first-order valence-electron chi connectivity index (χ1n) is 6.67. The second-order valence-electron chi connectivity index (χ2n) is 4.62. The number of pyridine rings is 1. The van der Waals surface area contributed by atoms with Crippen molar-refractivity contribution in [2.75, 3.05) is 6.54 Å². The number of rotatable bonds is 5. The van der Waals surface area contributed by atoms with Crippen molar-refractivity contribution in [3.05, 3.63) is 53.7 Å². The van der Waals surface area contributed by atoms with E-state index in [0.29, 0.717) is 22.8 Å². The Morgan fingerprint density at radius 2 is 2.18 bits per heavy atom. The van der Waals surface area contributed by atoms with Crippen LogP contribution in [0.3, 0.4) is 0 Å². The van der Waals surface area contributed by atoms with Crippen LogP contribution in [0, 0.1) is 0 Å². The van der Waals surface area contributed by atoms with E-state index in [-0.39, 0.29) is 5.91 Å². The molecule has 0 bridgehead atoms. The Labute approximate surface area is 132 Å². The first kappa shape index (κ1) is 16.0. The van der Waals surface area contributed by atoms with Gasteiger partial charge in [0.1, 0.15) is 5.15 Å². The van der Waals surface area contributed by atoms with Crippen LogP contribution < -0.4 is 5.32 Å². The van der Waals surface area contributed by atoms with Gasteiger partial charge >= 0.3 is 5.97 Å². The fraction of sp³-hybridized carbons (Fsp3) is 0.188. The molecule has 1 amide bonds. The molecule has 114 valence electrons. The van der Waals surface area contributed by atoms with E-state index < -0.39 is 12.1 Å². The maximum absolute atomic E-state index is 12.1. The van der Waals surface area contributed by atoms with Crippen molar-refractivity contribution in [1.29, 1.82) is 0 Å². The number of amides is 1. The van der Waals surface area contributed by atoms with Crippen molar-refractivity contribution in [2.45, 2.75) is 13.0 Å². The largest absolute Gasteiger partial charge is 0.449 e. The number of nitrogens with one attached hydrogen (secondary N) is 1. The van der Waals surface area contributed by atoms with E-state index in [1.54, 1.807) is 36.4 Å². The van der Waals surface area contributed by atoms with Gasteiger partial charge in [-0.3, -0.25) is 4.79 Å². The second kappa shape index (κ2) is 7.04. The molecule has 0 aliphatic rings. The van der Waals surface area contributed by atoms with Crippen LogP contribution in [0.2, 0.25) is 5.15 Å². The summed E-state index contributed by atoms with van der Waals surface area (Å²) in [4.78, 5) is 27.9. The predicted octanol–water partition coefficient (Wildman–Crippen LogP) is 2.74. The van der Waals surface area contributed by atoms with Gasteiger partial charge in [-0.2, -0.15) is 0 Å². The molecule has 1 N–H and O–H groups in total. The Bertz CT molecular complexity index is 730. The number of nitrogens with zero attached hydrogens (tertiary/aromatic N) is 1. The minimum absolute atomic E-state index is 0.323. The summed E-state index contributed by atoms with van der Waals surface area (Å²) >= 11 is 5.81. The fourth-order valence-corrected chi connectivity index (χ4v) is 1.98. The SMILES string of the molecule is C=CCNC(=O)C(C)OC(=O)c1ccc2nc(Cl)ccc2c1. The Morgan fingerprint density at radius 3 is 2.91 bits per heavy atom. The zero-order valence-corrected chi connectivity index (χ0v) is 12.8. The molecule has 0 saturated carbocycles. The quantitative estimate of drug-likeness (QED) is 0.523. The first-order valence-corrected chi connectivity index (χ1v) is 7.05. The van der Waals surface area contributed by atoms with E-state index in [2.05, 4.69) is 16.9 Å². The molecular weight excluding hydrogens is 304 g/mol. The van der Waals surface area contributed by atoms with Gasteiger partial charge in [0.2, 0.25) is 0 Å². The minimum Gasteiger partial charge on any atom is -0.449 e. The summed E-state index contributed by atoms with van der Waals surface area (Å²) in [5.74, 6) is -0.944. The predicted molar refractivity (Wildman–Crippen MR) is 84.8 cm³/mol. The monoisotopic (exact) mass is 318 g/mol. The molecular formula is C16H15ClN2O3. The molecule has 0 aliphatic carbocycles. The number of fused-ring (bicyclic) bond motifs is 1. The number of halogens is 1. The van der Waals surface area contributed by atoms with Crippen molar-refractivity contribution in [3.8, 4) is 0 Å². The van der Waals surface area contributed by atoms with Gasteiger partial charge in [-0.15, -0.1) is 6.58 Å². The lowest BCUT2D eigenvalue weighted by molar-refractivity contribution is -0.128. The van der Waals surface area contributed by atoms with Crippen molar-refractivity contribution < 1.29 is 14.3 Å². The minimum atomic E-state index is -0.883. The summed E-state index contributed by atoms with van der Waals surface area (Å²) < 4.78 is 5.14. The van der Waals surface area contributed by atoms with Gasteiger partial charge in [-0.1, -0.05) is 17.7 Å². The fourth-order valence-electron chi connectivity index (χ4n) is 1.83. The van der Waals surface area contributed by atoms with E-state index in [1.807, 2.05) is 0 Å². The van der Waals surface area contributed by atoms with Crippen LogP contribution in [-0.4, -0.2) is 29.5 Å². The third-order valence-electron chi connectivity index (χ3n) is 2.96. The van der Waals surface area contributed by atoms with Crippen molar-refractivity contribution in [2.24, 2.45) is 0 Å². The molecule has 0 spiro atoms. The second-order valence-corrected chi connectivity index (χ2v) is 5.01. The average Bonchev–Trinajstić information content (AvgIpc) is 2.51. The zero-order chi connectivity index (χ0) is 16.1.